The van der Waals surface area contributed by atoms with Crippen LogP contribution in [-0.4, -0.2) is 53.0 Å². The van der Waals surface area contributed by atoms with Gasteiger partial charge in [-0.25, -0.2) is 4.79 Å². The number of carbonyl (C=O) groups is 3. The van der Waals surface area contributed by atoms with Crippen LogP contribution in [0.15, 0.2) is 24.3 Å². The lowest BCUT2D eigenvalue weighted by atomic mass is 9.79. The predicted octanol–water partition coefficient (Wildman–Crippen LogP) is 0.534. The third kappa shape index (κ3) is 2.78. The molecule has 7 heteroatoms. The Kier molecular flexibility index (Phi) is 4.51. The summed E-state index contributed by atoms with van der Waals surface area (Å²) in [7, 11) is 1.56. The molecule has 1 N–H and O–H groups in total. The third-order valence-electron chi connectivity index (χ3n) is 5.02. The minimum absolute atomic E-state index is 0.00746. The highest BCUT2D eigenvalue weighted by atomic mass is 16.5. The number of fused-ring (bicyclic) bond motifs is 1. The predicted molar refractivity (Wildman–Crippen MR) is 86.6 cm³/mol. The Morgan fingerprint density at radius 3 is 2.48 bits per heavy atom. The summed E-state index contributed by atoms with van der Waals surface area (Å²) in [5.74, 6) is -1.86. The lowest BCUT2D eigenvalue weighted by Crippen LogP contribution is -2.65. The average molecular weight is 347 g/mol. The lowest BCUT2D eigenvalue weighted by molar-refractivity contribution is -0.173. The van der Waals surface area contributed by atoms with Crippen molar-refractivity contribution in [2.45, 2.75) is 38.6 Å². The molecule has 0 spiro atoms. The zero-order chi connectivity index (χ0) is 18.3. The maximum Gasteiger partial charge on any atom is 0.337 e. The molecule has 134 valence electrons. The van der Waals surface area contributed by atoms with Crippen molar-refractivity contribution >= 4 is 17.7 Å². The SMILES string of the molecule is COc1ccc(COC(=O)C2C(=O)[C@H](C)[C@H]3[C@@H]([C@@H](C)O)C(=O)N23)cc1. The van der Waals surface area contributed by atoms with E-state index in [1.807, 2.05) is 0 Å². The number of benzene rings is 1. The number of esters is 1. The Bertz CT molecular complexity index is 698. The van der Waals surface area contributed by atoms with Gasteiger partial charge in [0, 0.05) is 5.92 Å². The van der Waals surface area contributed by atoms with Crippen LogP contribution < -0.4 is 4.74 Å². The van der Waals surface area contributed by atoms with Crippen molar-refractivity contribution in [3.63, 3.8) is 0 Å². The van der Waals surface area contributed by atoms with E-state index < -0.39 is 36.0 Å². The fourth-order valence-electron chi connectivity index (χ4n) is 3.64. The van der Waals surface area contributed by atoms with Crippen LogP contribution in [0.25, 0.3) is 0 Å². The molecule has 2 aliphatic rings. The quantitative estimate of drug-likeness (QED) is 0.475. The van der Waals surface area contributed by atoms with Gasteiger partial charge in [-0.3, -0.25) is 9.59 Å². The summed E-state index contributed by atoms with van der Waals surface area (Å²) in [6, 6.07) is 5.36. The van der Waals surface area contributed by atoms with Gasteiger partial charge in [-0.05, 0) is 24.6 Å². The van der Waals surface area contributed by atoms with Gasteiger partial charge in [-0.1, -0.05) is 19.1 Å². The molecule has 2 saturated heterocycles. The minimum Gasteiger partial charge on any atom is -0.497 e. The van der Waals surface area contributed by atoms with Crippen molar-refractivity contribution in [2.75, 3.05) is 7.11 Å². The number of aliphatic hydroxyl groups excluding tert-OH is 1. The molecule has 2 aliphatic heterocycles. The second kappa shape index (κ2) is 6.48. The van der Waals surface area contributed by atoms with Gasteiger partial charge in [-0.15, -0.1) is 0 Å². The van der Waals surface area contributed by atoms with Gasteiger partial charge in [0.05, 0.1) is 25.2 Å². The number of Topliss-reactive ketones (excluding diaryl/α,β-unsaturated/α-hetero) is 1. The zero-order valence-corrected chi connectivity index (χ0v) is 14.3. The molecule has 3 rings (SSSR count). The topological polar surface area (TPSA) is 93.1 Å². The molecule has 7 nitrogen and oxygen atoms in total. The molecule has 1 aromatic rings. The maximum absolute atomic E-state index is 12.4. The smallest absolute Gasteiger partial charge is 0.337 e. The number of ether oxygens (including phenoxy) is 2. The number of rotatable bonds is 5. The number of hydrogen-bond donors (Lipinski definition) is 1. The molecular weight excluding hydrogens is 326 g/mol. The number of methoxy groups -OCH3 is 1. The van der Waals surface area contributed by atoms with Crippen molar-refractivity contribution in [3.8, 4) is 5.75 Å². The van der Waals surface area contributed by atoms with E-state index in [4.69, 9.17) is 9.47 Å². The van der Waals surface area contributed by atoms with Crippen molar-refractivity contribution in [2.24, 2.45) is 11.8 Å². The molecule has 1 unspecified atom stereocenters. The van der Waals surface area contributed by atoms with Crippen LogP contribution in [-0.2, 0) is 25.7 Å². The lowest BCUT2D eigenvalue weighted by Gasteiger charge is -2.46. The van der Waals surface area contributed by atoms with E-state index in [1.54, 1.807) is 38.3 Å². The summed E-state index contributed by atoms with van der Waals surface area (Å²) in [5.41, 5.74) is 0.751. The molecule has 0 radical (unpaired) electrons. The first-order valence-corrected chi connectivity index (χ1v) is 8.20. The summed E-state index contributed by atoms with van der Waals surface area (Å²) in [6.45, 7) is 3.21. The Balaban J connectivity index is 1.67. The molecule has 0 aliphatic carbocycles. The van der Waals surface area contributed by atoms with Gasteiger partial charge >= 0.3 is 5.97 Å². The highest BCUT2D eigenvalue weighted by Crippen LogP contribution is 2.43. The number of amides is 1. The first kappa shape index (κ1) is 17.4. The summed E-state index contributed by atoms with van der Waals surface area (Å²) in [6.07, 6.45) is -0.849. The number of carbonyl (C=O) groups excluding carboxylic acids is 3. The summed E-state index contributed by atoms with van der Waals surface area (Å²) >= 11 is 0. The highest BCUT2D eigenvalue weighted by Gasteiger charge is 2.64. The number of ketones is 1. The second-order valence-electron chi connectivity index (χ2n) is 6.55. The monoisotopic (exact) mass is 347 g/mol. The average Bonchev–Trinajstić information content (AvgIpc) is 2.81. The second-order valence-corrected chi connectivity index (χ2v) is 6.55. The molecule has 1 amide bonds. The molecule has 0 aromatic heterocycles. The molecule has 2 fully saturated rings. The van der Waals surface area contributed by atoms with Crippen LogP contribution in [0.5, 0.6) is 5.75 Å². The Morgan fingerprint density at radius 2 is 1.92 bits per heavy atom. The van der Waals surface area contributed by atoms with E-state index in [-0.39, 0.29) is 18.3 Å². The van der Waals surface area contributed by atoms with Gasteiger partial charge in [0.15, 0.2) is 11.8 Å². The van der Waals surface area contributed by atoms with Gasteiger partial charge < -0.3 is 19.5 Å². The first-order chi connectivity index (χ1) is 11.9. The minimum atomic E-state index is -1.21. The van der Waals surface area contributed by atoms with E-state index in [1.165, 1.54) is 11.8 Å². The van der Waals surface area contributed by atoms with E-state index in [2.05, 4.69) is 0 Å². The van der Waals surface area contributed by atoms with Crippen LogP contribution in [0.2, 0.25) is 0 Å². The van der Waals surface area contributed by atoms with Crippen LogP contribution in [0.1, 0.15) is 19.4 Å². The largest absolute Gasteiger partial charge is 0.497 e. The van der Waals surface area contributed by atoms with E-state index >= 15 is 0 Å². The maximum atomic E-state index is 12.4. The molecule has 25 heavy (non-hydrogen) atoms. The fraction of sp³-hybridized carbons (Fsp3) is 0.500. The summed E-state index contributed by atoms with van der Waals surface area (Å²) < 4.78 is 10.3. The number of hydrogen-bond acceptors (Lipinski definition) is 6. The first-order valence-electron chi connectivity index (χ1n) is 8.20. The van der Waals surface area contributed by atoms with Gasteiger partial charge in [0.25, 0.3) is 0 Å². The van der Waals surface area contributed by atoms with Crippen LogP contribution >= 0.6 is 0 Å². The fourth-order valence-corrected chi connectivity index (χ4v) is 3.64. The van der Waals surface area contributed by atoms with Crippen molar-refractivity contribution in [3.05, 3.63) is 29.8 Å². The Labute approximate surface area is 145 Å². The van der Waals surface area contributed by atoms with Crippen LogP contribution in [0, 0.1) is 11.8 Å². The van der Waals surface area contributed by atoms with E-state index in [0.29, 0.717) is 5.75 Å². The Hall–Kier alpha value is -2.41. The molecule has 0 saturated carbocycles. The normalized spacial score (nSPS) is 29.0. The summed E-state index contributed by atoms with van der Waals surface area (Å²) in [4.78, 5) is 38.3. The van der Waals surface area contributed by atoms with E-state index in [0.717, 1.165) is 5.56 Å². The van der Waals surface area contributed by atoms with Crippen molar-refractivity contribution in [1.29, 1.82) is 0 Å². The third-order valence-corrected chi connectivity index (χ3v) is 5.02. The van der Waals surface area contributed by atoms with Crippen molar-refractivity contribution in [1.82, 2.24) is 4.90 Å². The number of aliphatic hydroxyl groups is 1. The van der Waals surface area contributed by atoms with Crippen LogP contribution in [0.3, 0.4) is 0 Å². The van der Waals surface area contributed by atoms with E-state index in [9.17, 15) is 19.5 Å². The number of nitrogens with zero attached hydrogens (tertiary/aromatic N) is 1. The molecule has 1 aromatic carbocycles. The molecule has 2 heterocycles. The van der Waals surface area contributed by atoms with Gasteiger partial charge in [-0.2, -0.15) is 0 Å². The Morgan fingerprint density at radius 1 is 1.28 bits per heavy atom. The van der Waals surface area contributed by atoms with Gasteiger partial charge in [0.1, 0.15) is 12.4 Å². The molecule has 0 bridgehead atoms. The van der Waals surface area contributed by atoms with Gasteiger partial charge in [0.2, 0.25) is 5.91 Å². The zero-order valence-electron chi connectivity index (χ0n) is 14.3. The van der Waals surface area contributed by atoms with Crippen molar-refractivity contribution < 1.29 is 29.0 Å². The van der Waals surface area contributed by atoms with Crippen LogP contribution in [0.4, 0.5) is 0 Å². The molecule has 5 atom stereocenters. The number of β-lactam (4-membered cyclic amide) rings is 1. The summed E-state index contributed by atoms with van der Waals surface area (Å²) in [5, 5.41) is 9.73. The highest BCUT2D eigenvalue weighted by molar-refractivity contribution is 6.12. The molecular formula is C18H21NO6. The standard InChI is InChI=1S/C18H21NO6/c1-9-14-13(10(2)20)17(22)19(14)15(16(9)21)18(23)25-8-11-4-6-12(24-3)7-5-11/h4-7,9-10,13-15,20H,8H2,1-3H3/t9-,10-,13-,14+,15?/m1/s1.